The van der Waals surface area contributed by atoms with Crippen molar-refractivity contribution in [3.63, 3.8) is 0 Å². The number of aryl methyl sites for hydroxylation is 1. The lowest BCUT2D eigenvalue weighted by atomic mass is 10.1. The number of pyridine rings is 1. The molecule has 0 aliphatic heterocycles. The Morgan fingerprint density at radius 3 is 2.33 bits per heavy atom. The number of benzene rings is 1. The maximum atomic E-state index is 5.02. The molecule has 1 heterocycles. The Bertz CT molecular complexity index is 429. The van der Waals surface area contributed by atoms with E-state index >= 15 is 0 Å². The first-order chi connectivity index (χ1) is 8.81. The van der Waals surface area contributed by atoms with Crippen LogP contribution >= 0.6 is 0 Å². The van der Waals surface area contributed by atoms with E-state index in [4.69, 9.17) is 4.74 Å². The van der Waals surface area contributed by atoms with Crippen molar-refractivity contribution in [1.29, 1.82) is 0 Å². The lowest BCUT2D eigenvalue weighted by Crippen LogP contribution is -2.00. The number of rotatable bonds is 5. The van der Waals surface area contributed by atoms with Gasteiger partial charge in [-0.3, -0.25) is 0 Å². The summed E-state index contributed by atoms with van der Waals surface area (Å²) < 4.78 is 5.02. The highest BCUT2D eigenvalue weighted by Crippen LogP contribution is 2.12. The van der Waals surface area contributed by atoms with Crippen LogP contribution < -0.4 is 10.1 Å². The number of hydrogen-bond acceptors (Lipinski definition) is 3. The molecule has 18 heavy (non-hydrogen) atoms. The summed E-state index contributed by atoms with van der Waals surface area (Å²) in [4.78, 5) is 4.15. The Morgan fingerprint density at radius 1 is 1.06 bits per heavy atom. The second kappa shape index (κ2) is 6.05. The molecule has 0 radical (unpaired) electrons. The summed E-state index contributed by atoms with van der Waals surface area (Å²) in [6.07, 6.45) is 2.86. The van der Waals surface area contributed by atoms with Gasteiger partial charge in [0.05, 0.1) is 19.0 Å². The standard InChI is InChI=1S/C15H18N2O/c1-3-12-4-6-13(7-5-12)10-16-14-8-9-15(18-2)17-11-14/h4-9,11,16H,3,10H2,1-2H3. The Morgan fingerprint density at radius 2 is 1.78 bits per heavy atom. The first-order valence-corrected chi connectivity index (χ1v) is 6.13. The van der Waals surface area contributed by atoms with E-state index in [-0.39, 0.29) is 0 Å². The smallest absolute Gasteiger partial charge is 0.213 e. The molecule has 0 bridgehead atoms. The van der Waals surface area contributed by atoms with E-state index < -0.39 is 0 Å². The molecule has 3 heteroatoms. The molecule has 94 valence electrons. The molecule has 0 amide bonds. The van der Waals surface area contributed by atoms with Crippen LogP contribution in [-0.4, -0.2) is 12.1 Å². The predicted molar refractivity (Wildman–Crippen MR) is 73.9 cm³/mol. The van der Waals surface area contributed by atoms with E-state index in [2.05, 4.69) is 41.5 Å². The third-order valence-electron chi connectivity index (χ3n) is 2.87. The molecule has 0 atom stereocenters. The lowest BCUT2D eigenvalue weighted by Gasteiger charge is -2.07. The van der Waals surface area contributed by atoms with Crippen LogP contribution in [0.15, 0.2) is 42.6 Å². The molecule has 0 fully saturated rings. The molecule has 1 aromatic heterocycles. The Hall–Kier alpha value is -2.03. The number of nitrogens with one attached hydrogen (secondary N) is 1. The van der Waals surface area contributed by atoms with Crippen LogP contribution in [0.5, 0.6) is 5.88 Å². The minimum atomic E-state index is 0.632. The summed E-state index contributed by atoms with van der Waals surface area (Å²) in [7, 11) is 1.62. The van der Waals surface area contributed by atoms with E-state index in [9.17, 15) is 0 Å². The number of nitrogens with zero attached hydrogens (tertiary/aromatic N) is 1. The molecule has 2 rings (SSSR count). The van der Waals surface area contributed by atoms with Crippen molar-refractivity contribution in [2.24, 2.45) is 0 Å². The highest BCUT2D eigenvalue weighted by Gasteiger charge is 1.96. The largest absolute Gasteiger partial charge is 0.481 e. The molecule has 2 aromatic rings. The molecule has 0 aliphatic carbocycles. The fourth-order valence-corrected chi connectivity index (χ4v) is 1.70. The quantitative estimate of drug-likeness (QED) is 0.873. The third-order valence-corrected chi connectivity index (χ3v) is 2.87. The molecule has 0 aliphatic rings. The van der Waals surface area contributed by atoms with E-state index in [0.29, 0.717) is 5.88 Å². The van der Waals surface area contributed by atoms with Crippen LogP contribution in [0.1, 0.15) is 18.1 Å². The normalized spacial score (nSPS) is 10.1. The SMILES string of the molecule is CCc1ccc(CNc2ccc(OC)nc2)cc1. The molecular weight excluding hydrogens is 224 g/mol. The van der Waals surface area contributed by atoms with Crippen molar-refractivity contribution in [3.8, 4) is 5.88 Å². The van der Waals surface area contributed by atoms with Crippen LogP contribution in [0.25, 0.3) is 0 Å². The zero-order valence-corrected chi connectivity index (χ0v) is 10.8. The highest BCUT2D eigenvalue weighted by atomic mass is 16.5. The van der Waals surface area contributed by atoms with Crippen LogP contribution in [-0.2, 0) is 13.0 Å². The van der Waals surface area contributed by atoms with Crippen molar-refractivity contribution in [2.75, 3.05) is 12.4 Å². The van der Waals surface area contributed by atoms with Crippen LogP contribution in [0.3, 0.4) is 0 Å². The van der Waals surface area contributed by atoms with Crippen molar-refractivity contribution in [1.82, 2.24) is 4.98 Å². The average Bonchev–Trinajstić information content (AvgIpc) is 2.46. The fourth-order valence-electron chi connectivity index (χ4n) is 1.70. The first-order valence-electron chi connectivity index (χ1n) is 6.13. The van der Waals surface area contributed by atoms with Gasteiger partial charge in [-0.1, -0.05) is 31.2 Å². The van der Waals surface area contributed by atoms with Crippen LogP contribution in [0.4, 0.5) is 5.69 Å². The van der Waals surface area contributed by atoms with Gasteiger partial charge in [0.15, 0.2) is 0 Å². The second-order valence-corrected chi connectivity index (χ2v) is 4.11. The summed E-state index contributed by atoms with van der Waals surface area (Å²) >= 11 is 0. The zero-order chi connectivity index (χ0) is 12.8. The van der Waals surface area contributed by atoms with Crippen molar-refractivity contribution < 1.29 is 4.74 Å². The Labute approximate surface area is 108 Å². The molecule has 0 unspecified atom stereocenters. The maximum Gasteiger partial charge on any atom is 0.213 e. The van der Waals surface area contributed by atoms with Gasteiger partial charge in [-0.25, -0.2) is 4.98 Å². The third kappa shape index (κ3) is 3.23. The number of aromatic nitrogens is 1. The Kier molecular flexibility index (Phi) is 4.18. The minimum absolute atomic E-state index is 0.632. The van der Waals surface area contributed by atoms with Crippen LogP contribution in [0, 0.1) is 0 Å². The number of hydrogen-bond donors (Lipinski definition) is 1. The molecule has 1 N–H and O–H groups in total. The summed E-state index contributed by atoms with van der Waals surface area (Å²) in [5.41, 5.74) is 3.63. The molecular formula is C15H18N2O. The summed E-state index contributed by atoms with van der Waals surface area (Å²) in [6.45, 7) is 2.97. The predicted octanol–water partition coefficient (Wildman–Crippen LogP) is 3.26. The zero-order valence-electron chi connectivity index (χ0n) is 10.8. The monoisotopic (exact) mass is 242 g/mol. The maximum absolute atomic E-state index is 5.02. The Balaban J connectivity index is 1.93. The van der Waals surface area contributed by atoms with Crippen LogP contribution in [0.2, 0.25) is 0 Å². The summed E-state index contributed by atoms with van der Waals surface area (Å²) in [6, 6.07) is 12.5. The molecule has 3 nitrogen and oxygen atoms in total. The topological polar surface area (TPSA) is 34.1 Å². The second-order valence-electron chi connectivity index (χ2n) is 4.11. The minimum Gasteiger partial charge on any atom is -0.481 e. The van der Waals surface area contributed by atoms with E-state index in [1.54, 1.807) is 13.3 Å². The van der Waals surface area contributed by atoms with Crippen molar-refractivity contribution in [3.05, 3.63) is 53.7 Å². The van der Waals surface area contributed by atoms with Gasteiger partial charge in [0, 0.05) is 12.6 Å². The molecule has 1 aromatic carbocycles. The van der Waals surface area contributed by atoms with Crippen molar-refractivity contribution in [2.45, 2.75) is 19.9 Å². The highest BCUT2D eigenvalue weighted by molar-refractivity contribution is 5.42. The molecule has 0 saturated heterocycles. The first kappa shape index (κ1) is 12.4. The lowest BCUT2D eigenvalue weighted by molar-refractivity contribution is 0.398. The van der Waals surface area contributed by atoms with E-state index in [0.717, 1.165) is 18.7 Å². The van der Waals surface area contributed by atoms with Gasteiger partial charge in [-0.05, 0) is 23.6 Å². The number of ether oxygens (including phenoxy) is 1. The van der Waals surface area contributed by atoms with E-state index in [1.807, 2.05) is 12.1 Å². The molecule has 0 saturated carbocycles. The molecule has 0 spiro atoms. The summed E-state index contributed by atoms with van der Waals surface area (Å²) in [5.74, 6) is 0.632. The number of anilines is 1. The van der Waals surface area contributed by atoms with Gasteiger partial charge < -0.3 is 10.1 Å². The van der Waals surface area contributed by atoms with E-state index in [1.165, 1.54) is 11.1 Å². The van der Waals surface area contributed by atoms with Gasteiger partial charge in [0.1, 0.15) is 0 Å². The summed E-state index contributed by atoms with van der Waals surface area (Å²) in [5, 5.41) is 3.33. The van der Waals surface area contributed by atoms with Gasteiger partial charge in [0.25, 0.3) is 0 Å². The fraction of sp³-hybridized carbons (Fsp3) is 0.267. The van der Waals surface area contributed by atoms with Gasteiger partial charge in [-0.2, -0.15) is 0 Å². The number of methoxy groups -OCH3 is 1. The average molecular weight is 242 g/mol. The van der Waals surface area contributed by atoms with Gasteiger partial charge in [-0.15, -0.1) is 0 Å². The van der Waals surface area contributed by atoms with Gasteiger partial charge in [0.2, 0.25) is 5.88 Å². The van der Waals surface area contributed by atoms with Gasteiger partial charge >= 0.3 is 0 Å². The van der Waals surface area contributed by atoms with Crippen molar-refractivity contribution >= 4 is 5.69 Å².